The lowest BCUT2D eigenvalue weighted by Crippen LogP contribution is -2.39. The Kier molecular flexibility index (Phi) is 5.81. The van der Waals surface area contributed by atoms with Crippen molar-refractivity contribution < 1.29 is 0 Å². The molecule has 0 heterocycles. The summed E-state index contributed by atoms with van der Waals surface area (Å²) in [7, 11) is 0. The van der Waals surface area contributed by atoms with Crippen molar-refractivity contribution in [2.45, 2.75) is 45.8 Å². The molecule has 0 bridgehead atoms. The minimum Gasteiger partial charge on any atom is -0.281 e. The van der Waals surface area contributed by atoms with Crippen LogP contribution in [0.4, 0.5) is 0 Å². The van der Waals surface area contributed by atoms with Crippen LogP contribution in [0.15, 0.2) is 60.7 Å². The van der Waals surface area contributed by atoms with Gasteiger partial charge in [0.2, 0.25) is 0 Å². The lowest BCUT2D eigenvalue weighted by molar-refractivity contribution is 0.143. The van der Waals surface area contributed by atoms with Crippen molar-refractivity contribution in [3.8, 4) is 11.8 Å². The van der Waals surface area contributed by atoms with Crippen LogP contribution in [0, 0.1) is 11.8 Å². The summed E-state index contributed by atoms with van der Waals surface area (Å²) in [5, 5.41) is 0. The van der Waals surface area contributed by atoms with Gasteiger partial charge >= 0.3 is 0 Å². The van der Waals surface area contributed by atoms with E-state index < -0.39 is 0 Å². The van der Waals surface area contributed by atoms with E-state index in [1.165, 1.54) is 5.56 Å². The standard InChI is InChI=1S/C21H25N/c1-17(2)22(18(3)4)21(20-13-9-6-10-14-20)16-15-19-11-7-5-8-12-19/h5-14,17-18,21H,1-4H3. The molecule has 1 atom stereocenters. The first-order chi connectivity index (χ1) is 10.6. The normalized spacial score (nSPS) is 12.3. The van der Waals surface area contributed by atoms with Crippen molar-refractivity contribution in [1.29, 1.82) is 0 Å². The number of rotatable bonds is 4. The van der Waals surface area contributed by atoms with Crippen molar-refractivity contribution in [3.05, 3.63) is 71.8 Å². The van der Waals surface area contributed by atoms with E-state index in [0.717, 1.165) is 5.56 Å². The maximum Gasteiger partial charge on any atom is 0.0979 e. The lowest BCUT2D eigenvalue weighted by atomic mass is 10.0. The van der Waals surface area contributed by atoms with Crippen LogP contribution in [0.3, 0.4) is 0 Å². The van der Waals surface area contributed by atoms with E-state index in [-0.39, 0.29) is 6.04 Å². The quantitative estimate of drug-likeness (QED) is 0.724. The Bertz CT molecular complexity index is 609. The van der Waals surface area contributed by atoms with Gasteiger partial charge in [-0.1, -0.05) is 60.4 Å². The van der Waals surface area contributed by atoms with Crippen LogP contribution in [0.25, 0.3) is 0 Å². The molecule has 2 rings (SSSR count). The molecule has 1 nitrogen and oxygen atoms in total. The highest BCUT2D eigenvalue weighted by molar-refractivity contribution is 5.37. The first-order valence-electron chi connectivity index (χ1n) is 7.98. The zero-order chi connectivity index (χ0) is 15.9. The highest BCUT2D eigenvalue weighted by Gasteiger charge is 2.23. The molecular formula is C21H25N. The third-order valence-corrected chi connectivity index (χ3v) is 3.73. The van der Waals surface area contributed by atoms with E-state index in [0.29, 0.717) is 12.1 Å². The average molecular weight is 291 g/mol. The molecule has 0 aliphatic heterocycles. The van der Waals surface area contributed by atoms with E-state index in [4.69, 9.17) is 0 Å². The molecule has 0 aliphatic rings. The van der Waals surface area contributed by atoms with Crippen molar-refractivity contribution in [2.24, 2.45) is 0 Å². The van der Waals surface area contributed by atoms with Crippen molar-refractivity contribution in [2.75, 3.05) is 0 Å². The summed E-state index contributed by atoms with van der Waals surface area (Å²) in [6.07, 6.45) is 0. The molecule has 0 fully saturated rings. The summed E-state index contributed by atoms with van der Waals surface area (Å²) in [5.74, 6) is 6.83. The second kappa shape index (κ2) is 7.82. The molecule has 0 saturated carbocycles. The summed E-state index contributed by atoms with van der Waals surface area (Å²) < 4.78 is 0. The first-order valence-corrected chi connectivity index (χ1v) is 7.98. The lowest BCUT2D eigenvalue weighted by Gasteiger charge is -2.35. The Hall–Kier alpha value is -2.04. The number of nitrogens with zero attached hydrogens (tertiary/aromatic N) is 1. The van der Waals surface area contributed by atoms with Gasteiger partial charge in [0.05, 0.1) is 6.04 Å². The van der Waals surface area contributed by atoms with Gasteiger partial charge in [-0.25, -0.2) is 0 Å². The van der Waals surface area contributed by atoms with Gasteiger partial charge in [0.15, 0.2) is 0 Å². The Morgan fingerprint density at radius 2 is 1.23 bits per heavy atom. The largest absolute Gasteiger partial charge is 0.281 e. The molecule has 22 heavy (non-hydrogen) atoms. The highest BCUT2D eigenvalue weighted by atomic mass is 15.2. The van der Waals surface area contributed by atoms with Gasteiger partial charge < -0.3 is 0 Å². The van der Waals surface area contributed by atoms with Gasteiger partial charge in [0.1, 0.15) is 0 Å². The molecule has 2 aromatic rings. The molecule has 0 aliphatic carbocycles. The fourth-order valence-electron chi connectivity index (χ4n) is 2.83. The summed E-state index contributed by atoms with van der Waals surface area (Å²) in [4.78, 5) is 2.46. The molecule has 1 heteroatoms. The minimum atomic E-state index is 0.112. The molecule has 0 N–H and O–H groups in total. The molecule has 114 valence electrons. The molecule has 1 unspecified atom stereocenters. The zero-order valence-electron chi connectivity index (χ0n) is 14.0. The third kappa shape index (κ3) is 4.23. The molecule has 0 aromatic heterocycles. The van der Waals surface area contributed by atoms with Gasteiger partial charge in [0.25, 0.3) is 0 Å². The number of hydrogen-bond donors (Lipinski definition) is 0. The maximum absolute atomic E-state index is 3.49. The van der Waals surface area contributed by atoms with Gasteiger partial charge in [0, 0.05) is 17.6 Å². The van der Waals surface area contributed by atoms with Crippen molar-refractivity contribution in [1.82, 2.24) is 4.90 Å². The topological polar surface area (TPSA) is 3.24 Å². The number of benzene rings is 2. The van der Waals surface area contributed by atoms with E-state index in [1.54, 1.807) is 0 Å². The van der Waals surface area contributed by atoms with Crippen LogP contribution in [0.1, 0.15) is 44.9 Å². The summed E-state index contributed by atoms with van der Waals surface area (Å²) in [6.45, 7) is 8.94. The van der Waals surface area contributed by atoms with Crippen LogP contribution in [-0.4, -0.2) is 17.0 Å². The molecule has 0 spiro atoms. The zero-order valence-corrected chi connectivity index (χ0v) is 14.0. The summed E-state index contributed by atoms with van der Waals surface area (Å²) in [5.41, 5.74) is 2.32. The highest BCUT2D eigenvalue weighted by Crippen LogP contribution is 2.25. The molecule has 0 amide bonds. The average Bonchev–Trinajstić information content (AvgIpc) is 2.52. The second-order valence-corrected chi connectivity index (χ2v) is 6.08. The van der Waals surface area contributed by atoms with E-state index in [1.807, 2.05) is 18.2 Å². The van der Waals surface area contributed by atoms with Crippen molar-refractivity contribution in [3.63, 3.8) is 0 Å². The number of hydrogen-bond acceptors (Lipinski definition) is 1. The summed E-state index contributed by atoms with van der Waals surface area (Å²) >= 11 is 0. The predicted octanol–water partition coefficient (Wildman–Crippen LogP) is 4.90. The third-order valence-electron chi connectivity index (χ3n) is 3.73. The monoisotopic (exact) mass is 291 g/mol. The van der Waals surface area contributed by atoms with Gasteiger partial charge in [-0.2, -0.15) is 0 Å². The van der Waals surface area contributed by atoms with E-state index in [2.05, 4.69) is 86.9 Å². The first kappa shape index (κ1) is 16.3. The fraction of sp³-hybridized carbons (Fsp3) is 0.333. The van der Waals surface area contributed by atoms with Crippen LogP contribution < -0.4 is 0 Å². The van der Waals surface area contributed by atoms with Gasteiger partial charge in [-0.15, -0.1) is 0 Å². The van der Waals surface area contributed by atoms with Gasteiger partial charge in [-0.05, 0) is 45.4 Å². The smallest absolute Gasteiger partial charge is 0.0979 e. The second-order valence-electron chi connectivity index (χ2n) is 6.08. The molecule has 0 saturated heterocycles. The van der Waals surface area contributed by atoms with Gasteiger partial charge in [-0.3, -0.25) is 4.90 Å². The molecule has 2 aromatic carbocycles. The van der Waals surface area contributed by atoms with E-state index >= 15 is 0 Å². The maximum atomic E-state index is 3.49. The summed E-state index contributed by atoms with van der Waals surface area (Å²) in [6, 6.07) is 21.8. The van der Waals surface area contributed by atoms with Crippen LogP contribution in [0.2, 0.25) is 0 Å². The Balaban J connectivity index is 2.40. The SMILES string of the molecule is CC(C)N(C(C)C)C(C#Cc1ccccc1)c1ccccc1. The molecular weight excluding hydrogens is 266 g/mol. The molecule has 0 radical (unpaired) electrons. The minimum absolute atomic E-state index is 0.112. The van der Waals surface area contributed by atoms with Crippen LogP contribution in [0.5, 0.6) is 0 Å². The Morgan fingerprint density at radius 1 is 0.727 bits per heavy atom. The van der Waals surface area contributed by atoms with Crippen LogP contribution in [-0.2, 0) is 0 Å². The fourth-order valence-corrected chi connectivity index (χ4v) is 2.83. The Morgan fingerprint density at radius 3 is 1.73 bits per heavy atom. The van der Waals surface area contributed by atoms with Crippen LogP contribution >= 0.6 is 0 Å². The van der Waals surface area contributed by atoms with E-state index in [9.17, 15) is 0 Å². The Labute approximate surface area is 135 Å². The predicted molar refractivity (Wildman–Crippen MR) is 94.6 cm³/mol. The van der Waals surface area contributed by atoms with Crippen molar-refractivity contribution >= 4 is 0 Å².